The second kappa shape index (κ2) is 4.04. The highest BCUT2D eigenvalue weighted by atomic mass is 15.2. The second-order valence-electron chi connectivity index (χ2n) is 4.98. The minimum Gasteiger partial charge on any atom is -0.368 e. The molecule has 4 heteroatoms. The molecule has 1 saturated heterocycles. The molecule has 1 aliphatic rings. The molecule has 1 aromatic carbocycles. The average molecular weight is 230 g/mol. The van der Waals surface area contributed by atoms with Crippen LogP contribution in [-0.2, 0) is 0 Å². The summed E-state index contributed by atoms with van der Waals surface area (Å²) in [5.41, 5.74) is 3.42. The molecule has 90 valence electrons. The van der Waals surface area contributed by atoms with Gasteiger partial charge >= 0.3 is 0 Å². The van der Waals surface area contributed by atoms with Crippen molar-refractivity contribution in [3.8, 4) is 0 Å². The fourth-order valence-corrected chi connectivity index (χ4v) is 2.66. The highest BCUT2D eigenvalue weighted by molar-refractivity contribution is 5.79. The fraction of sp³-hybridized carbons (Fsp3) is 0.462. The summed E-state index contributed by atoms with van der Waals surface area (Å²) in [6.45, 7) is 6.59. The van der Waals surface area contributed by atoms with Gasteiger partial charge in [-0.3, -0.25) is 0 Å². The number of aromatic nitrogens is 2. The molecule has 1 fully saturated rings. The number of anilines is 1. The standard InChI is InChI=1S/C13H18N4/c1-9-6-17(7-10(2)16-9)11-3-4-12-13(5-11)15-8-14-12/h3-5,8-10,16H,6-7H2,1-2H3,(H,14,15)/t9-,10+. The number of fused-ring (bicyclic) bond motifs is 1. The van der Waals surface area contributed by atoms with E-state index in [4.69, 9.17) is 0 Å². The van der Waals surface area contributed by atoms with Crippen LogP contribution in [0.2, 0.25) is 0 Å². The SMILES string of the molecule is C[C@@H]1CN(c2ccc3nc[nH]c3c2)C[C@H](C)N1. The molecule has 2 N–H and O–H groups in total. The molecule has 0 spiro atoms. The van der Waals surface area contributed by atoms with Gasteiger partial charge in [0.05, 0.1) is 17.4 Å². The molecule has 0 bridgehead atoms. The van der Waals surface area contributed by atoms with Crippen molar-refractivity contribution in [2.75, 3.05) is 18.0 Å². The van der Waals surface area contributed by atoms with Gasteiger partial charge in [-0.15, -0.1) is 0 Å². The van der Waals surface area contributed by atoms with Crippen LogP contribution in [0.1, 0.15) is 13.8 Å². The quantitative estimate of drug-likeness (QED) is 0.784. The lowest BCUT2D eigenvalue weighted by atomic mass is 10.1. The van der Waals surface area contributed by atoms with Gasteiger partial charge in [0.2, 0.25) is 0 Å². The van der Waals surface area contributed by atoms with E-state index in [9.17, 15) is 0 Å². The maximum atomic E-state index is 4.25. The molecular weight excluding hydrogens is 212 g/mol. The Balaban J connectivity index is 1.91. The van der Waals surface area contributed by atoms with Gasteiger partial charge in [0.15, 0.2) is 0 Å². The van der Waals surface area contributed by atoms with Crippen LogP contribution in [0.15, 0.2) is 24.5 Å². The number of aromatic amines is 1. The van der Waals surface area contributed by atoms with Crippen LogP contribution >= 0.6 is 0 Å². The molecule has 0 radical (unpaired) electrons. The molecule has 0 aliphatic carbocycles. The maximum Gasteiger partial charge on any atom is 0.0931 e. The average Bonchev–Trinajstić information content (AvgIpc) is 2.74. The topological polar surface area (TPSA) is 44.0 Å². The molecule has 0 unspecified atom stereocenters. The molecule has 0 saturated carbocycles. The minimum atomic E-state index is 0.538. The Morgan fingerprint density at radius 3 is 2.76 bits per heavy atom. The Morgan fingerprint density at radius 2 is 2.00 bits per heavy atom. The van der Waals surface area contributed by atoms with Crippen LogP contribution in [-0.4, -0.2) is 35.1 Å². The summed E-state index contributed by atoms with van der Waals surface area (Å²) in [5.74, 6) is 0. The lowest BCUT2D eigenvalue weighted by Crippen LogP contribution is -2.54. The predicted molar refractivity (Wildman–Crippen MR) is 70.4 cm³/mol. The van der Waals surface area contributed by atoms with E-state index in [1.54, 1.807) is 6.33 Å². The van der Waals surface area contributed by atoms with E-state index < -0.39 is 0 Å². The molecule has 2 aromatic rings. The van der Waals surface area contributed by atoms with Crippen molar-refractivity contribution >= 4 is 16.7 Å². The maximum absolute atomic E-state index is 4.25. The lowest BCUT2D eigenvalue weighted by molar-refractivity contribution is 0.407. The zero-order chi connectivity index (χ0) is 11.8. The molecule has 2 atom stereocenters. The van der Waals surface area contributed by atoms with Gasteiger partial charge in [0, 0.05) is 30.9 Å². The van der Waals surface area contributed by atoms with E-state index in [1.807, 2.05) is 0 Å². The number of benzene rings is 1. The normalized spacial score (nSPS) is 25.4. The van der Waals surface area contributed by atoms with E-state index in [2.05, 4.69) is 52.2 Å². The summed E-state index contributed by atoms with van der Waals surface area (Å²) in [5, 5.41) is 3.55. The van der Waals surface area contributed by atoms with Crippen molar-refractivity contribution in [3.05, 3.63) is 24.5 Å². The van der Waals surface area contributed by atoms with E-state index in [0.29, 0.717) is 12.1 Å². The third-order valence-corrected chi connectivity index (χ3v) is 3.33. The first kappa shape index (κ1) is 10.6. The highest BCUT2D eigenvalue weighted by Crippen LogP contribution is 2.21. The van der Waals surface area contributed by atoms with Crippen molar-refractivity contribution in [3.63, 3.8) is 0 Å². The molecule has 2 heterocycles. The zero-order valence-corrected chi connectivity index (χ0v) is 10.3. The zero-order valence-electron chi connectivity index (χ0n) is 10.3. The monoisotopic (exact) mass is 230 g/mol. The summed E-state index contributed by atoms with van der Waals surface area (Å²) in [6.07, 6.45) is 1.75. The van der Waals surface area contributed by atoms with Crippen LogP contribution in [0.3, 0.4) is 0 Å². The largest absolute Gasteiger partial charge is 0.368 e. The van der Waals surface area contributed by atoms with Crippen molar-refractivity contribution < 1.29 is 0 Å². The Hall–Kier alpha value is -1.55. The fourth-order valence-electron chi connectivity index (χ4n) is 2.66. The predicted octanol–water partition coefficient (Wildman–Crippen LogP) is 1.75. The van der Waals surface area contributed by atoms with Crippen LogP contribution in [0.4, 0.5) is 5.69 Å². The molecule has 4 nitrogen and oxygen atoms in total. The molecule has 0 amide bonds. The van der Waals surface area contributed by atoms with E-state index >= 15 is 0 Å². The molecule has 3 rings (SSSR count). The minimum absolute atomic E-state index is 0.538. The summed E-state index contributed by atoms with van der Waals surface area (Å²) in [7, 11) is 0. The number of nitrogens with one attached hydrogen (secondary N) is 2. The van der Waals surface area contributed by atoms with Crippen LogP contribution in [0.25, 0.3) is 11.0 Å². The Bertz CT molecular complexity index is 509. The number of imidazole rings is 1. The van der Waals surface area contributed by atoms with Gasteiger partial charge < -0.3 is 15.2 Å². The Kier molecular flexibility index (Phi) is 2.52. The Labute approximate surface area is 101 Å². The first-order chi connectivity index (χ1) is 8.22. The number of hydrogen-bond acceptors (Lipinski definition) is 3. The van der Waals surface area contributed by atoms with Crippen molar-refractivity contribution in [2.45, 2.75) is 25.9 Å². The second-order valence-corrected chi connectivity index (χ2v) is 4.98. The highest BCUT2D eigenvalue weighted by Gasteiger charge is 2.21. The summed E-state index contributed by atoms with van der Waals surface area (Å²) < 4.78 is 0. The van der Waals surface area contributed by atoms with Crippen molar-refractivity contribution in [2.24, 2.45) is 0 Å². The van der Waals surface area contributed by atoms with Gasteiger partial charge in [-0.05, 0) is 32.0 Å². The van der Waals surface area contributed by atoms with Crippen LogP contribution in [0.5, 0.6) is 0 Å². The smallest absolute Gasteiger partial charge is 0.0931 e. The molecule has 1 aromatic heterocycles. The van der Waals surface area contributed by atoms with Crippen LogP contribution < -0.4 is 10.2 Å². The summed E-state index contributed by atoms with van der Waals surface area (Å²) in [4.78, 5) is 9.85. The Morgan fingerprint density at radius 1 is 1.24 bits per heavy atom. The van der Waals surface area contributed by atoms with Gasteiger partial charge in [0.25, 0.3) is 0 Å². The van der Waals surface area contributed by atoms with E-state index in [0.717, 1.165) is 24.1 Å². The third-order valence-electron chi connectivity index (χ3n) is 3.33. The van der Waals surface area contributed by atoms with Gasteiger partial charge in [-0.25, -0.2) is 4.98 Å². The van der Waals surface area contributed by atoms with Crippen molar-refractivity contribution in [1.82, 2.24) is 15.3 Å². The summed E-state index contributed by atoms with van der Waals surface area (Å²) >= 11 is 0. The van der Waals surface area contributed by atoms with Gasteiger partial charge in [-0.1, -0.05) is 0 Å². The summed E-state index contributed by atoms with van der Waals surface area (Å²) in [6, 6.07) is 7.51. The van der Waals surface area contributed by atoms with E-state index in [-0.39, 0.29) is 0 Å². The first-order valence-electron chi connectivity index (χ1n) is 6.16. The molecule has 1 aliphatic heterocycles. The van der Waals surface area contributed by atoms with Gasteiger partial charge in [-0.2, -0.15) is 0 Å². The third kappa shape index (κ3) is 2.00. The number of nitrogens with zero attached hydrogens (tertiary/aromatic N) is 2. The first-order valence-corrected chi connectivity index (χ1v) is 6.16. The number of rotatable bonds is 1. The lowest BCUT2D eigenvalue weighted by Gasteiger charge is -2.37. The van der Waals surface area contributed by atoms with Gasteiger partial charge in [0.1, 0.15) is 0 Å². The number of hydrogen-bond donors (Lipinski definition) is 2. The number of H-pyrrole nitrogens is 1. The van der Waals surface area contributed by atoms with Crippen LogP contribution in [0, 0.1) is 0 Å². The number of piperazine rings is 1. The molecule has 17 heavy (non-hydrogen) atoms. The van der Waals surface area contributed by atoms with Crippen molar-refractivity contribution in [1.29, 1.82) is 0 Å². The molecular formula is C13H18N4. The van der Waals surface area contributed by atoms with E-state index in [1.165, 1.54) is 5.69 Å².